The Bertz CT molecular complexity index is 501. The molecule has 2 rings (SSSR count). The highest BCUT2D eigenvalue weighted by molar-refractivity contribution is 6.33. The van der Waals surface area contributed by atoms with Crippen LogP contribution in [0.1, 0.15) is 19.3 Å². The summed E-state index contributed by atoms with van der Waals surface area (Å²) < 4.78 is 0. The van der Waals surface area contributed by atoms with E-state index in [4.69, 9.17) is 11.6 Å². The third-order valence-corrected chi connectivity index (χ3v) is 3.34. The highest BCUT2D eigenvalue weighted by atomic mass is 35.5. The number of piperidine rings is 1. The van der Waals surface area contributed by atoms with Gasteiger partial charge in [-0.2, -0.15) is 0 Å². The van der Waals surface area contributed by atoms with Gasteiger partial charge >= 0.3 is 0 Å². The van der Waals surface area contributed by atoms with E-state index in [0.29, 0.717) is 5.69 Å². The maximum atomic E-state index is 11.9. The zero-order valence-electron chi connectivity index (χ0n) is 10.2. The molecule has 1 amide bonds. The summed E-state index contributed by atoms with van der Waals surface area (Å²) in [6, 6.07) is 3.94. The SMILES string of the molecule is O=C(Nc1ccc([N+](=O)[O-])c(Cl)c1)[C@H]1CCCCN1. The van der Waals surface area contributed by atoms with Crippen molar-refractivity contribution in [2.24, 2.45) is 0 Å². The van der Waals surface area contributed by atoms with Crippen molar-refractivity contribution in [3.05, 3.63) is 33.3 Å². The molecular formula is C12H14ClN3O3. The van der Waals surface area contributed by atoms with Crippen molar-refractivity contribution in [2.75, 3.05) is 11.9 Å². The highest BCUT2D eigenvalue weighted by Gasteiger charge is 2.21. The first-order valence-corrected chi connectivity index (χ1v) is 6.44. The van der Waals surface area contributed by atoms with Gasteiger partial charge in [0, 0.05) is 11.8 Å². The maximum Gasteiger partial charge on any atom is 0.288 e. The van der Waals surface area contributed by atoms with Crippen LogP contribution >= 0.6 is 11.6 Å². The minimum absolute atomic E-state index is 0.0133. The van der Waals surface area contributed by atoms with Gasteiger partial charge in [-0.05, 0) is 31.5 Å². The van der Waals surface area contributed by atoms with Crippen molar-refractivity contribution in [3.8, 4) is 0 Å². The number of nitrogens with zero attached hydrogens (tertiary/aromatic N) is 1. The van der Waals surface area contributed by atoms with Crippen molar-refractivity contribution >= 4 is 28.9 Å². The molecule has 0 bridgehead atoms. The molecule has 0 radical (unpaired) electrons. The Hall–Kier alpha value is -1.66. The fourth-order valence-corrected chi connectivity index (χ4v) is 2.29. The Labute approximate surface area is 115 Å². The number of nitrogens with one attached hydrogen (secondary N) is 2. The summed E-state index contributed by atoms with van der Waals surface area (Å²) in [5, 5.41) is 16.5. The Morgan fingerprint density at radius 2 is 2.26 bits per heavy atom. The van der Waals surface area contributed by atoms with Crippen LogP contribution < -0.4 is 10.6 Å². The lowest BCUT2D eigenvalue weighted by atomic mass is 10.0. The number of hydrogen-bond donors (Lipinski definition) is 2. The molecule has 0 aliphatic carbocycles. The minimum Gasteiger partial charge on any atom is -0.325 e. The Morgan fingerprint density at radius 1 is 1.47 bits per heavy atom. The zero-order valence-corrected chi connectivity index (χ0v) is 10.9. The Kier molecular flexibility index (Phi) is 4.34. The third-order valence-electron chi connectivity index (χ3n) is 3.04. The smallest absolute Gasteiger partial charge is 0.288 e. The molecule has 0 aromatic heterocycles. The first-order chi connectivity index (χ1) is 9.08. The van der Waals surface area contributed by atoms with Crippen molar-refractivity contribution in [3.63, 3.8) is 0 Å². The van der Waals surface area contributed by atoms with E-state index in [9.17, 15) is 14.9 Å². The van der Waals surface area contributed by atoms with Gasteiger partial charge in [0.25, 0.3) is 5.69 Å². The van der Waals surface area contributed by atoms with Crippen LogP contribution in [0.5, 0.6) is 0 Å². The third kappa shape index (κ3) is 3.42. The van der Waals surface area contributed by atoms with Crippen molar-refractivity contribution in [1.29, 1.82) is 0 Å². The van der Waals surface area contributed by atoms with E-state index in [1.807, 2.05) is 0 Å². The van der Waals surface area contributed by atoms with Gasteiger partial charge in [0.2, 0.25) is 5.91 Å². The molecule has 0 spiro atoms. The number of anilines is 1. The fourth-order valence-electron chi connectivity index (χ4n) is 2.04. The van der Waals surface area contributed by atoms with E-state index >= 15 is 0 Å². The van der Waals surface area contributed by atoms with Crippen LogP contribution in [0.25, 0.3) is 0 Å². The molecule has 1 heterocycles. The van der Waals surface area contributed by atoms with E-state index in [2.05, 4.69) is 10.6 Å². The first-order valence-electron chi connectivity index (χ1n) is 6.06. The molecule has 6 nitrogen and oxygen atoms in total. The van der Waals surface area contributed by atoms with E-state index in [-0.39, 0.29) is 22.7 Å². The van der Waals surface area contributed by atoms with Gasteiger partial charge in [-0.1, -0.05) is 18.0 Å². The van der Waals surface area contributed by atoms with Gasteiger partial charge < -0.3 is 10.6 Å². The highest BCUT2D eigenvalue weighted by Crippen LogP contribution is 2.27. The fraction of sp³-hybridized carbons (Fsp3) is 0.417. The standard InChI is InChI=1S/C12H14ClN3O3/c13-9-7-8(4-5-11(9)16(18)19)15-12(17)10-3-1-2-6-14-10/h4-5,7,10,14H,1-3,6H2,(H,15,17)/t10-/m1/s1. The molecule has 7 heteroatoms. The summed E-state index contributed by atoms with van der Waals surface area (Å²) in [5.41, 5.74) is 0.295. The number of nitro benzene ring substituents is 1. The molecule has 0 saturated carbocycles. The lowest BCUT2D eigenvalue weighted by Gasteiger charge is -2.22. The molecular weight excluding hydrogens is 270 g/mol. The maximum absolute atomic E-state index is 11.9. The largest absolute Gasteiger partial charge is 0.325 e. The topological polar surface area (TPSA) is 84.3 Å². The number of hydrogen-bond acceptors (Lipinski definition) is 4. The second-order valence-electron chi connectivity index (χ2n) is 4.42. The predicted octanol–water partition coefficient (Wildman–Crippen LogP) is 2.33. The van der Waals surface area contributed by atoms with Crippen LogP contribution in [-0.2, 0) is 4.79 Å². The van der Waals surface area contributed by atoms with Crippen LogP contribution in [0.2, 0.25) is 5.02 Å². The Balaban J connectivity index is 2.04. The van der Waals surface area contributed by atoms with Crippen molar-refractivity contribution in [2.45, 2.75) is 25.3 Å². The number of rotatable bonds is 3. The molecule has 19 heavy (non-hydrogen) atoms. The van der Waals surface area contributed by atoms with Gasteiger partial charge in [-0.3, -0.25) is 14.9 Å². The van der Waals surface area contributed by atoms with Crippen molar-refractivity contribution in [1.82, 2.24) is 5.32 Å². The number of carbonyl (C=O) groups excluding carboxylic acids is 1. The Morgan fingerprint density at radius 3 is 2.84 bits per heavy atom. The second-order valence-corrected chi connectivity index (χ2v) is 4.82. The van der Waals surface area contributed by atoms with E-state index in [1.54, 1.807) is 0 Å². The van der Waals surface area contributed by atoms with E-state index in [1.165, 1.54) is 18.2 Å². The monoisotopic (exact) mass is 283 g/mol. The summed E-state index contributed by atoms with van der Waals surface area (Å²) in [5.74, 6) is -0.135. The molecule has 1 aliphatic heterocycles. The van der Waals surface area contributed by atoms with Crippen LogP contribution in [-0.4, -0.2) is 23.4 Å². The van der Waals surface area contributed by atoms with Crippen LogP contribution in [0.4, 0.5) is 11.4 Å². The van der Waals surface area contributed by atoms with E-state index < -0.39 is 4.92 Å². The number of benzene rings is 1. The van der Waals surface area contributed by atoms with Gasteiger partial charge in [-0.15, -0.1) is 0 Å². The zero-order chi connectivity index (χ0) is 13.8. The summed E-state index contributed by atoms with van der Waals surface area (Å²) in [6.45, 7) is 0.832. The number of carbonyl (C=O) groups is 1. The molecule has 1 aromatic carbocycles. The molecule has 1 saturated heterocycles. The quantitative estimate of drug-likeness (QED) is 0.659. The minimum atomic E-state index is -0.559. The average Bonchev–Trinajstić information content (AvgIpc) is 2.39. The molecule has 1 atom stereocenters. The molecule has 0 unspecified atom stereocenters. The van der Waals surface area contributed by atoms with Crippen LogP contribution in [0, 0.1) is 10.1 Å². The van der Waals surface area contributed by atoms with Gasteiger partial charge in [-0.25, -0.2) is 0 Å². The van der Waals surface area contributed by atoms with Gasteiger partial charge in [0.1, 0.15) is 5.02 Å². The lowest BCUT2D eigenvalue weighted by Crippen LogP contribution is -2.43. The number of nitro groups is 1. The lowest BCUT2D eigenvalue weighted by molar-refractivity contribution is -0.384. The number of halogens is 1. The summed E-state index contributed by atoms with van der Waals surface area (Å²) >= 11 is 5.79. The average molecular weight is 284 g/mol. The summed E-state index contributed by atoms with van der Waals surface area (Å²) in [7, 11) is 0. The van der Waals surface area contributed by atoms with E-state index in [0.717, 1.165) is 25.8 Å². The summed E-state index contributed by atoms with van der Waals surface area (Å²) in [4.78, 5) is 22.0. The molecule has 1 fully saturated rings. The molecule has 1 aliphatic rings. The molecule has 2 N–H and O–H groups in total. The first kappa shape index (κ1) is 13.8. The van der Waals surface area contributed by atoms with Crippen LogP contribution in [0.3, 0.4) is 0 Å². The number of amides is 1. The predicted molar refractivity (Wildman–Crippen MR) is 72.4 cm³/mol. The van der Waals surface area contributed by atoms with Gasteiger partial charge in [0.05, 0.1) is 11.0 Å². The molecule has 102 valence electrons. The molecule has 1 aromatic rings. The van der Waals surface area contributed by atoms with Crippen molar-refractivity contribution < 1.29 is 9.72 Å². The second kappa shape index (κ2) is 5.99. The van der Waals surface area contributed by atoms with Gasteiger partial charge in [0.15, 0.2) is 0 Å². The summed E-state index contributed by atoms with van der Waals surface area (Å²) in [6.07, 6.45) is 2.89. The normalized spacial score (nSPS) is 18.9. The van der Waals surface area contributed by atoms with Crippen LogP contribution in [0.15, 0.2) is 18.2 Å².